The van der Waals surface area contributed by atoms with Gasteiger partial charge in [-0.3, -0.25) is 0 Å². The van der Waals surface area contributed by atoms with Crippen molar-refractivity contribution in [2.45, 2.75) is 26.1 Å². The predicted octanol–water partition coefficient (Wildman–Crippen LogP) is 1.73. The van der Waals surface area contributed by atoms with Crippen molar-refractivity contribution in [3.8, 4) is 5.75 Å². The molecule has 0 aliphatic rings. The van der Waals surface area contributed by atoms with Crippen LogP contribution in [0.1, 0.15) is 25.5 Å². The van der Waals surface area contributed by atoms with Gasteiger partial charge in [0, 0.05) is 5.56 Å². The van der Waals surface area contributed by atoms with Crippen LogP contribution >= 0.6 is 0 Å². The van der Waals surface area contributed by atoms with Gasteiger partial charge >= 0.3 is 5.97 Å². The fourth-order valence-electron chi connectivity index (χ4n) is 1.19. The molecule has 0 saturated heterocycles. The van der Waals surface area contributed by atoms with Gasteiger partial charge in [0.2, 0.25) is 0 Å². The zero-order chi connectivity index (χ0) is 12.3. The summed E-state index contributed by atoms with van der Waals surface area (Å²) in [6.45, 7) is 2.81. The largest absolute Gasteiger partial charge is 0.479 e. The van der Waals surface area contributed by atoms with Crippen LogP contribution in [0, 0.1) is 5.82 Å². The molecule has 0 heterocycles. The van der Waals surface area contributed by atoms with Crippen LogP contribution in [0.3, 0.4) is 0 Å². The maximum atomic E-state index is 12.9. The summed E-state index contributed by atoms with van der Waals surface area (Å²) in [6, 6.07) is 3.57. The Kier molecular flexibility index (Phi) is 3.84. The van der Waals surface area contributed by atoms with E-state index in [1.54, 1.807) is 0 Å². The second-order valence-electron chi connectivity index (χ2n) is 3.46. The maximum absolute atomic E-state index is 12.9. The second kappa shape index (κ2) is 4.94. The van der Waals surface area contributed by atoms with Gasteiger partial charge in [-0.2, -0.15) is 0 Å². The first-order chi connectivity index (χ1) is 7.41. The normalized spacial score (nSPS) is 14.2. The number of carbonyl (C=O) groups is 1. The molecule has 4 nitrogen and oxygen atoms in total. The highest BCUT2D eigenvalue weighted by atomic mass is 19.1. The van der Waals surface area contributed by atoms with E-state index >= 15 is 0 Å². The second-order valence-corrected chi connectivity index (χ2v) is 3.46. The molecule has 0 saturated carbocycles. The number of hydrogen-bond donors (Lipinski definition) is 2. The van der Waals surface area contributed by atoms with Crippen molar-refractivity contribution in [3.05, 3.63) is 29.6 Å². The zero-order valence-corrected chi connectivity index (χ0v) is 8.98. The topological polar surface area (TPSA) is 66.8 Å². The van der Waals surface area contributed by atoms with Crippen LogP contribution in [0.5, 0.6) is 5.75 Å². The lowest BCUT2D eigenvalue weighted by atomic mass is 10.1. The van der Waals surface area contributed by atoms with Crippen LogP contribution in [0.4, 0.5) is 4.39 Å². The molecule has 0 aromatic heterocycles. The van der Waals surface area contributed by atoms with E-state index < -0.39 is 24.0 Å². The molecule has 2 atom stereocenters. The van der Waals surface area contributed by atoms with Gasteiger partial charge in [0.15, 0.2) is 6.10 Å². The number of halogens is 1. The average molecular weight is 228 g/mol. The molecule has 16 heavy (non-hydrogen) atoms. The van der Waals surface area contributed by atoms with Crippen molar-refractivity contribution in [2.24, 2.45) is 0 Å². The summed E-state index contributed by atoms with van der Waals surface area (Å²) >= 11 is 0. The molecule has 1 aromatic rings. The monoisotopic (exact) mass is 228 g/mol. The minimum Gasteiger partial charge on any atom is -0.479 e. The molecule has 0 spiro atoms. The quantitative estimate of drug-likeness (QED) is 0.823. The molecule has 0 amide bonds. The Balaban J connectivity index is 2.99. The van der Waals surface area contributed by atoms with Crippen molar-refractivity contribution < 1.29 is 24.1 Å². The molecule has 0 fully saturated rings. The standard InChI is InChI=1S/C11H13FO4/c1-6(13)9-5-8(12)3-4-10(9)16-7(2)11(14)15/h3-7,13H,1-2H3,(H,14,15). The average Bonchev–Trinajstić information content (AvgIpc) is 2.20. The molecule has 0 aliphatic carbocycles. The Morgan fingerprint density at radius 1 is 1.44 bits per heavy atom. The molecular weight excluding hydrogens is 215 g/mol. The van der Waals surface area contributed by atoms with E-state index in [4.69, 9.17) is 9.84 Å². The van der Waals surface area contributed by atoms with Gasteiger partial charge in [-0.25, -0.2) is 9.18 Å². The molecule has 2 N–H and O–H groups in total. The summed E-state index contributed by atoms with van der Waals surface area (Å²) in [5, 5.41) is 18.1. The van der Waals surface area contributed by atoms with Crippen molar-refractivity contribution in [1.29, 1.82) is 0 Å². The third-order valence-electron chi connectivity index (χ3n) is 2.07. The maximum Gasteiger partial charge on any atom is 0.344 e. The summed E-state index contributed by atoms with van der Waals surface area (Å²) < 4.78 is 18.0. The van der Waals surface area contributed by atoms with Gasteiger partial charge in [0.05, 0.1) is 6.10 Å². The van der Waals surface area contributed by atoms with E-state index in [2.05, 4.69) is 0 Å². The first kappa shape index (κ1) is 12.4. The number of aliphatic carboxylic acids is 1. The number of hydrogen-bond acceptors (Lipinski definition) is 3. The third kappa shape index (κ3) is 2.93. The van der Waals surface area contributed by atoms with E-state index in [1.165, 1.54) is 19.9 Å². The van der Waals surface area contributed by atoms with E-state index in [0.29, 0.717) is 0 Å². The first-order valence-electron chi connectivity index (χ1n) is 4.78. The Bertz CT molecular complexity index is 390. The minimum absolute atomic E-state index is 0.173. The molecular formula is C11H13FO4. The smallest absolute Gasteiger partial charge is 0.344 e. The SMILES string of the molecule is CC(Oc1ccc(F)cc1C(C)O)C(=O)O. The molecule has 2 unspecified atom stereocenters. The van der Waals surface area contributed by atoms with Gasteiger partial charge in [-0.15, -0.1) is 0 Å². The van der Waals surface area contributed by atoms with Crippen LogP contribution in [0.25, 0.3) is 0 Å². The van der Waals surface area contributed by atoms with E-state index in [-0.39, 0.29) is 11.3 Å². The van der Waals surface area contributed by atoms with Crippen LogP contribution in [-0.4, -0.2) is 22.3 Å². The Labute approximate surface area is 92.3 Å². The number of aliphatic hydroxyl groups is 1. The highest BCUT2D eigenvalue weighted by Gasteiger charge is 2.17. The van der Waals surface area contributed by atoms with Gasteiger partial charge < -0.3 is 14.9 Å². The van der Waals surface area contributed by atoms with E-state index in [9.17, 15) is 14.3 Å². The number of aliphatic hydroxyl groups excluding tert-OH is 1. The molecule has 5 heteroatoms. The minimum atomic E-state index is -1.12. The van der Waals surface area contributed by atoms with Crippen molar-refractivity contribution in [2.75, 3.05) is 0 Å². The summed E-state index contributed by atoms with van der Waals surface area (Å²) in [5.74, 6) is -1.46. The molecule has 0 bridgehead atoms. The summed E-state index contributed by atoms with van der Waals surface area (Å²) in [4.78, 5) is 10.6. The van der Waals surface area contributed by atoms with E-state index in [0.717, 1.165) is 12.1 Å². The number of carboxylic acids is 1. The van der Waals surface area contributed by atoms with Gasteiger partial charge in [0.25, 0.3) is 0 Å². The van der Waals surface area contributed by atoms with Crippen LogP contribution in [-0.2, 0) is 4.79 Å². The highest BCUT2D eigenvalue weighted by molar-refractivity contribution is 5.72. The lowest BCUT2D eigenvalue weighted by Crippen LogP contribution is -2.23. The molecule has 0 radical (unpaired) electrons. The molecule has 88 valence electrons. The lowest BCUT2D eigenvalue weighted by molar-refractivity contribution is -0.144. The Morgan fingerprint density at radius 3 is 2.56 bits per heavy atom. The number of ether oxygens (including phenoxy) is 1. The predicted molar refractivity (Wildman–Crippen MR) is 54.8 cm³/mol. The van der Waals surface area contributed by atoms with Crippen molar-refractivity contribution >= 4 is 5.97 Å². The lowest BCUT2D eigenvalue weighted by Gasteiger charge is -2.15. The number of rotatable bonds is 4. The Morgan fingerprint density at radius 2 is 2.06 bits per heavy atom. The summed E-state index contributed by atoms with van der Waals surface area (Å²) in [6.07, 6.45) is -1.98. The van der Waals surface area contributed by atoms with E-state index in [1.807, 2.05) is 0 Å². The highest BCUT2D eigenvalue weighted by Crippen LogP contribution is 2.26. The zero-order valence-electron chi connectivity index (χ0n) is 8.98. The fraction of sp³-hybridized carbons (Fsp3) is 0.364. The van der Waals surface area contributed by atoms with Crippen molar-refractivity contribution in [3.63, 3.8) is 0 Å². The Hall–Kier alpha value is -1.62. The van der Waals surface area contributed by atoms with Gasteiger partial charge in [0.1, 0.15) is 11.6 Å². The van der Waals surface area contributed by atoms with Crippen molar-refractivity contribution in [1.82, 2.24) is 0 Å². The summed E-state index contributed by atoms with van der Waals surface area (Å²) in [5.41, 5.74) is 0.230. The first-order valence-corrected chi connectivity index (χ1v) is 4.78. The number of benzene rings is 1. The molecule has 1 rings (SSSR count). The molecule has 0 aliphatic heterocycles. The fourth-order valence-corrected chi connectivity index (χ4v) is 1.19. The molecule has 1 aromatic carbocycles. The van der Waals surface area contributed by atoms with Crippen LogP contribution in [0.2, 0.25) is 0 Å². The third-order valence-corrected chi connectivity index (χ3v) is 2.07. The summed E-state index contributed by atoms with van der Waals surface area (Å²) in [7, 11) is 0. The van der Waals surface area contributed by atoms with Gasteiger partial charge in [-0.1, -0.05) is 0 Å². The van der Waals surface area contributed by atoms with Crippen LogP contribution in [0.15, 0.2) is 18.2 Å². The number of carboxylic acid groups (broad SMARTS) is 1. The van der Waals surface area contributed by atoms with Crippen LogP contribution < -0.4 is 4.74 Å². The van der Waals surface area contributed by atoms with Gasteiger partial charge in [-0.05, 0) is 32.0 Å².